The van der Waals surface area contributed by atoms with Crippen LogP contribution in [0, 0.1) is 5.41 Å². The Hall–Kier alpha value is -0.770. The van der Waals surface area contributed by atoms with Crippen LogP contribution < -0.4 is 5.73 Å². The van der Waals surface area contributed by atoms with Crippen molar-refractivity contribution in [1.29, 1.82) is 0 Å². The summed E-state index contributed by atoms with van der Waals surface area (Å²) in [6, 6.07) is 0.0820. The molecule has 1 amide bonds. The molecule has 4 nitrogen and oxygen atoms in total. The standard InChI is InChI=1S/C7H12N2O2/c8-5-3-9(6(10)11)4-7(5)1-2-7/h5H,1-4,8H2,(H,10,11). The van der Waals surface area contributed by atoms with Crippen molar-refractivity contribution >= 4 is 6.09 Å². The van der Waals surface area contributed by atoms with E-state index in [1.165, 1.54) is 4.90 Å². The van der Waals surface area contributed by atoms with Crippen LogP contribution in [0.25, 0.3) is 0 Å². The molecule has 3 N–H and O–H groups in total. The highest BCUT2D eigenvalue weighted by Gasteiger charge is 2.54. The zero-order chi connectivity index (χ0) is 8.06. The summed E-state index contributed by atoms with van der Waals surface area (Å²) in [6.07, 6.45) is 1.39. The van der Waals surface area contributed by atoms with Crippen molar-refractivity contribution in [2.45, 2.75) is 18.9 Å². The van der Waals surface area contributed by atoms with Gasteiger partial charge in [-0.15, -0.1) is 0 Å². The molecule has 0 bridgehead atoms. The van der Waals surface area contributed by atoms with Crippen molar-refractivity contribution in [2.75, 3.05) is 13.1 Å². The monoisotopic (exact) mass is 156 g/mol. The quantitative estimate of drug-likeness (QED) is 0.522. The lowest BCUT2D eigenvalue weighted by Crippen LogP contribution is -2.31. The van der Waals surface area contributed by atoms with Gasteiger partial charge in [0, 0.05) is 24.5 Å². The zero-order valence-electron chi connectivity index (χ0n) is 6.29. The van der Waals surface area contributed by atoms with E-state index in [0.717, 1.165) is 12.8 Å². The van der Waals surface area contributed by atoms with E-state index in [4.69, 9.17) is 10.8 Å². The smallest absolute Gasteiger partial charge is 0.407 e. The summed E-state index contributed by atoms with van der Waals surface area (Å²) < 4.78 is 0. The number of carbonyl (C=O) groups is 1. The first kappa shape index (κ1) is 6.91. The Kier molecular flexibility index (Phi) is 1.18. The van der Waals surface area contributed by atoms with Crippen molar-refractivity contribution in [2.24, 2.45) is 11.1 Å². The summed E-state index contributed by atoms with van der Waals surface area (Å²) in [5, 5.41) is 8.66. The Labute approximate surface area is 65.0 Å². The minimum Gasteiger partial charge on any atom is -0.465 e. The third kappa shape index (κ3) is 0.894. The molecule has 1 heterocycles. The number of rotatable bonds is 0. The molecule has 1 saturated carbocycles. The molecule has 62 valence electrons. The van der Waals surface area contributed by atoms with Crippen LogP contribution in [0.4, 0.5) is 4.79 Å². The lowest BCUT2D eigenvalue weighted by molar-refractivity contribution is 0.153. The number of hydrogen-bond acceptors (Lipinski definition) is 2. The van der Waals surface area contributed by atoms with Crippen LogP contribution in [-0.4, -0.2) is 35.2 Å². The second-order valence-corrected chi connectivity index (χ2v) is 3.63. The molecule has 1 aliphatic carbocycles. The highest BCUT2D eigenvalue weighted by molar-refractivity contribution is 5.65. The summed E-state index contributed by atoms with van der Waals surface area (Å²) in [5.41, 5.74) is 5.98. The number of amides is 1. The van der Waals surface area contributed by atoms with Crippen LogP contribution in [0.15, 0.2) is 0 Å². The fourth-order valence-corrected chi connectivity index (χ4v) is 1.83. The molecule has 1 saturated heterocycles. The van der Waals surface area contributed by atoms with E-state index in [0.29, 0.717) is 13.1 Å². The number of hydrogen-bond donors (Lipinski definition) is 2. The lowest BCUT2D eigenvalue weighted by atomic mass is 10.0. The maximum atomic E-state index is 10.5. The first-order valence-corrected chi connectivity index (χ1v) is 3.87. The Balaban J connectivity index is 2.07. The highest BCUT2D eigenvalue weighted by atomic mass is 16.4. The topological polar surface area (TPSA) is 66.6 Å². The average molecular weight is 156 g/mol. The number of carboxylic acid groups (broad SMARTS) is 1. The molecule has 0 aromatic rings. The Bertz CT molecular complexity index is 201. The summed E-state index contributed by atoms with van der Waals surface area (Å²) >= 11 is 0. The van der Waals surface area contributed by atoms with E-state index in [-0.39, 0.29) is 11.5 Å². The van der Waals surface area contributed by atoms with Crippen LogP contribution in [0.3, 0.4) is 0 Å². The normalized spacial score (nSPS) is 32.8. The van der Waals surface area contributed by atoms with E-state index in [2.05, 4.69) is 0 Å². The van der Waals surface area contributed by atoms with Gasteiger partial charge in [0.05, 0.1) is 0 Å². The van der Waals surface area contributed by atoms with E-state index < -0.39 is 6.09 Å². The molecule has 0 aromatic heterocycles. The van der Waals surface area contributed by atoms with E-state index in [1.54, 1.807) is 0 Å². The van der Waals surface area contributed by atoms with E-state index in [9.17, 15) is 4.79 Å². The molecule has 11 heavy (non-hydrogen) atoms. The molecule has 2 fully saturated rings. The van der Waals surface area contributed by atoms with Gasteiger partial charge in [0.25, 0.3) is 0 Å². The SMILES string of the molecule is NC1CN(C(=O)O)CC12CC2. The number of nitrogens with two attached hydrogens (primary N) is 1. The van der Waals surface area contributed by atoms with Crippen LogP contribution in [0.1, 0.15) is 12.8 Å². The fraction of sp³-hybridized carbons (Fsp3) is 0.857. The maximum absolute atomic E-state index is 10.5. The van der Waals surface area contributed by atoms with Gasteiger partial charge >= 0.3 is 6.09 Å². The fourth-order valence-electron chi connectivity index (χ4n) is 1.83. The van der Waals surface area contributed by atoms with E-state index in [1.807, 2.05) is 0 Å². The van der Waals surface area contributed by atoms with Gasteiger partial charge in [-0.1, -0.05) is 0 Å². The van der Waals surface area contributed by atoms with Crippen LogP contribution in [0.5, 0.6) is 0 Å². The molecule has 2 rings (SSSR count). The van der Waals surface area contributed by atoms with Crippen LogP contribution in [-0.2, 0) is 0 Å². The van der Waals surface area contributed by atoms with Gasteiger partial charge in [-0.2, -0.15) is 0 Å². The van der Waals surface area contributed by atoms with Gasteiger partial charge in [-0.05, 0) is 12.8 Å². The van der Waals surface area contributed by atoms with Crippen molar-refractivity contribution in [3.8, 4) is 0 Å². The number of likely N-dealkylation sites (tertiary alicyclic amines) is 1. The summed E-state index contributed by atoms with van der Waals surface area (Å²) in [5.74, 6) is 0. The molecule has 0 aromatic carbocycles. The van der Waals surface area contributed by atoms with Gasteiger partial charge in [-0.25, -0.2) is 4.79 Å². The number of nitrogens with zero attached hydrogens (tertiary/aromatic N) is 1. The van der Waals surface area contributed by atoms with Crippen molar-refractivity contribution in [1.82, 2.24) is 4.90 Å². The summed E-state index contributed by atoms with van der Waals surface area (Å²) in [6.45, 7) is 1.18. The van der Waals surface area contributed by atoms with Gasteiger partial charge < -0.3 is 15.7 Å². The molecule has 1 aliphatic heterocycles. The Morgan fingerprint density at radius 1 is 1.64 bits per heavy atom. The van der Waals surface area contributed by atoms with E-state index >= 15 is 0 Å². The molecule has 1 atom stereocenters. The first-order valence-electron chi connectivity index (χ1n) is 3.87. The Morgan fingerprint density at radius 2 is 2.27 bits per heavy atom. The predicted molar refractivity (Wildman–Crippen MR) is 39.2 cm³/mol. The molecule has 1 spiro atoms. The van der Waals surface area contributed by atoms with Gasteiger partial charge in [-0.3, -0.25) is 0 Å². The first-order chi connectivity index (χ1) is 5.14. The minimum atomic E-state index is -0.829. The second kappa shape index (κ2) is 1.88. The second-order valence-electron chi connectivity index (χ2n) is 3.63. The molecular formula is C7H12N2O2. The van der Waals surface area contributed by atoms with Gasteiger partial charge in [0.2, 0.25) is 0 Å². The summed E-state index contributed by atoms with van der Waals surface area (Å²) in [4.78, 5) is 12.0. The third-order valence-corrected chi connectivity index (χ3v) is 2.87. The van der Waals surface area contributed by atoms with Crippen molar-refractivity contribution in [3.63, 3.8) is 0 Å². The largest absolute Gasteiger partial charge is 0.465 e. The molecule has 0 radical (unpaired) electrons. The van der Waals surface area contributed by atoms with Crippen LogP contribution in [0.2, 0.25) is 0 Å². The molecule has 2 aliphatic rings. The third-order valence-electron chi connectivity index (χ3n) is 2.87. The summed E-state index contributed by atoms with van der Waals surface area (Å²) in [7, 11) is 0. The van der Waals surface area contributed by atoms with Gasteiger partial charge in [0.1, 0.15) is 0 Å². The maximum Gasteiger partial charge on any atom is 0.407 e. The lowest BCUT2D eigenvalue weighted by Gasteiger charge is -2.09. The average Bonchev–Trinajstić information content (AvgIpc) is 2.59. The molecule has 1 unspecified atom stereocenters. The minimum absolute atomic E-state index is 0.0820. The Morgan fingerprint density at radius 3 is 2.55 bits per heavy atom. The molecule has 4 heteroatoms. The van der Waals surface area contributed by atoms with Crippen molar-refractivity contribution < 1.29 is 9.90 Å². The van der Waals surface area contributed by atoms with Crippen molar-refractivity contribution in [3.05, 3.63) is 0 Å². The van der Waals surface area contributed by atoms with Crippen LogP contribution >= 0.6 is 0 Å². The molecular weight excluding hydrogens is 144 g/mol. The zero-order valence-corrected chi connectivity index (χ0v) is 6.29. The highest BCUT2D eigenvalue weighted by Crippen LogP contribution is 2.51. The predicted octanol–water partition coefficient (Wildman–Crippen LogP) is 0.0875. The van der Waals surface area contributed by atoms with Gasteiger partial charge in [0.15, 0.2) is 0 Å².